The van der Waals surface area contributed by atoms with Gasteiger partial charge < -0.3 is 24.4 Å². The zero-order chi connectivity index (χ0) is 21.1. The van der Waals surface area contributed by atoms with Crippen LogP contribution < -0.4 is 0 Å². The summed E-state index contributed by atoms with van der Waals surface area (Å²) < 4.78 is 5.35. The molecule has 1 atom stereocenters. The van der Waals surface area contributed by atoms with Crippen molar-refractivity contribution in [1.82, 2.24) is 0 Å². The fourth-order valence-corrected chi connectivity index (χ4v) is 4.15. The first-order valence-corrected chi connectivity index (χ1v) is 11.9. The standard InChI is InChI=1S/C19H23NO3S.C5H10.2CH3.Ru/c1-19(20-2,13-23-18(22)15-6-4-5-7-15)12-17(21)14-8-10-16(24-3)11-9-14;1-2-4-5-3-1;;;/h8-11,15H,4-7,12-13H2,1,3H3;1-5H2;2*1H3;/q;;2*-1;+2. The van der Waals surface area contributed by atoms with Gasteiger partial charge in [-0.05, 0) is 31.2 Å². The second-order valence-corrected chi connectivity index (χ2v) is 9.17. The third kappa shape index (κ3) is 11.1. The molecule has 0 heterocycles. The molecule has 0 bridgehead atoms. The molecule has 0 aliphatic heterocycles. The number of nitrogens with zero attached hydrogens (tertiary/aromatic N) is 1. The minimum atomic E-state index is -1.01. The third-order valence-corrected chi connectivity index (χ3v) is 6.43. The Balaban J connectivity index is 0. The van der Waals surface area contributed by atoms with Gasteiger partial charge in [-0.1, -0.05) is 57.1 Å². The molecule has 2 aliphatic rings. The number of ketones is 1. The average Bonchev–Trinajstić information content (AvgIpc) is 3.49. The normalized spacial score (nSPS) is 16.5. The van der Waals surface area contributed by atoms with E-state index in [1.165, 1.54) is 32.1 Å². The smallest absolute Gasteiger partial charge is 0.457 e. The molecule has 0 N–H and O–H groups in total. The number of rotatable bonds is 7. The van der Waals surface area contributed by atoms with Crippen LogP contribution in [0.5, 0.6) is 0 Å². The van der Waals surface area contributed by atoms with Crippen LogP contribution in [0.1, 0.15) is 81.5 Å². The van der Waals surface area contributed by atoms with Crippen molar-refractivity contribution in [2.45, 2.75) is 81.6 Å². The minimum absolute atomic E-state index is 0. The Morgan fingerprint density at radius 3 is 1.97 bits per heavy atom. The van der Waals surface area contributed by atoms with Gasteiger partial charge in [0.1, 0.15) is 0 Å². The molecular formula is C26H39NO3RuS. The topological polar surface area (TPSA) is 47.7 Å². The Morgan fingerprint density at radius 1 is 1.03 bits per heavy atom. The van der Waals surface area contributed by atoms with Crippen LogP contribution in [-0.4, -0.2) is 30.2 Å². The van der Waals surface area contributed by atoms with Crippen molar-refractivity contribution in [3.05, 3.63) is 56.1 Å². The third-order valence-electron chi connectivity index (χ3n) is 5.69. The molecule has 32 heavy (non-hydrogen) atoms. The molecule has 0 spiro atoms. The molecule has 2 fully saturated rings. The fourth-order valence-electron chi connectivity index (χ4n) is 3.74. The molecule has 0 radical (unpaired) electrons. The summed E-state index contributed by atoms with van der Waals surface area (Å²) in [5, 5.41) is 0. The summed E-state index contributed by atoms with van der Waals surface area (Å²) in [6.45, 7) is 9.06. The van der Waals surface area contributed by atoms with E-state index >= 15 is 0 Å². The van der Waals surface area contributed by atoms with Gasteiger partial charge in [-0.2, -0.15) is 0 Å². The molecule has 0 saturated heterocycles. The second kappa shape index (κ2) is 17.3. The van der Waals surface area contributed by atoms with Crippen LogP contribution in [0.15, 0.2) is 29.2 Å². The van der Waals surface area contributed by atoms with E-state index in [2.05, 4.69) is 4.85 Å². The number of carbonyl (C=O) groups is 2. The van der Waals surface area contributed by atoms with Crippen molar-refractivity contribution in [2.24, 2.45) is 5.92 Å². The summed E-state index contributed by atoms with van der Waals surface area (Å²) in [6.07, 6.45) is 13.4. The number of esters is 1. The Kier molecular flexibility index (Phi) is 17.9. The van der Waals surface area contributed by atoms with Crippen molar-refractivity contribution in [2.75, 3.05) is 12.9 Å². The van der Waals surface area contributed by atoms with Crippen molar-refractivity contribution >= 4 is 23.5 Å². The van der Waals surface area contributed by atoms with Gasteiger partial charge in [-0.3, -0.25) is 9.59 Å². The molecule has 0 aromatic heterocycles. The summed E-state index contributed by atoms with van der Waals surface area (Å²) in [6, 6.07) is 7.35. The van der Waals surface area contributed by atoms with Gasteiger partial charge in [-0.25, -0.2) is 6.57 Å². The number of thioether (sulfide) groups is 1. The minimum Gasteiger partial charge on any atom is -0.457 e. The largest absolute Gasteiger partial charge is 2.00 e. The molecule has 180 valence electrons. The van der Waals surface area contributed by atoms with Gasteiger partial charge >= 0.3 is 25.4 Å². The molecule has 3 rings (SSSR count). The maximum absolute atomic E-state index is 12.4. The van der Waals surface area contributed by atoms with Crippen LogP contribution in [-0.2, 0) is 29.0 Å². The number of benzene rings is 1. The summed E-state index contributed by atoms with van der Waals surface area (Å²) >= 11 is 1.61. The molecule has 6 heteroatoms. The van der Waals surface area contributed by atoms with E-state index in [9.17, 15) is 9.59 Å². The van der Waals surface area contributed by atoms with E-state index in [1.807, 2.05) is 18.4 Å². The number of ether oxygens (including phenoxy) is 1. The molecule has 4 nitrogen and oxygen atoms in total. The molecule has 2 saturated carbocycles. The SMILES string of the molecule is C1CCCC1.[C-]#[N+]C(C)(COC(=O)C1CCCC1)CC(=O)c1ccc(SC)cc1.[CH3-].[CH3-].[Ru+2]. The summed E-state index contributed by atoms with van der Waals surface area (Å²) in [4.78, 5) is 29.1. The zero-order valence-electron chi connectivity index (χ0n) is 20.1. The van der Waals surface area contributed by atoms with E-state index in [4.69, 9.17) is 11.3 Å². The van der Waals surface area contributed by atoms with Crippen molar-refractivity contribution in [3.63, 3.8) is 0 Å². The average molecular weight is 547 g/mol. The van der Waals surface area contributed by atoms with E-state index in [0.717, 1.165) is 30.6 Å². The Morgan fingerprint density at radius 2 is 1.53 bits per heavy atom. The maximum Gasteiger partial charge on any atom is 2.00 e. The van der Waals surface area contributed by atoms with E-state index in [-0.39, 0.29) is 65.0 Å². The van der Waals surface area contributed by atoms with Gasteiger partial charge in [-0.15, -0.1) is 11.8 Å². The van der Waals surface area contributed by atoms with Crippen LogP contribution in [0.2, 0.25) is 0 Å². The number of carbonyl (C=O) groups excluding carboxylic acids is 2. The molecule has 1 unspecified atom stereocenters. The fraction of sp³-hybridized carbons (Fsp3) is 0.577. The predicted molar refractivity (Wildman–Crippen MR) is 131 cm³/mol. The first-order chi connectivity index (χ1) is 14.0. The van der Waals surface area contributed by atoms with Gasteiger partial charge in [0.2, 0.25) is 0 Å². The number of Topliss-reactive ketones (excluding diaryl/α,β-unsaturated/α-hetero) is 1. The Bertz CT molecular complexity index is 699. The van der Waals surface area contributed by atoms with E-state index in [0.29, 0.717) is 5.56 Å². The van der Waals surface area contributed by atoms with Crippen LogP contribution in [0, 0.1) is 27.3 Å². The van der Waals surface area contributed by atoms with Gasteiger partial charge in [0.15, 0.2) is 12.4 Å². The monoisotopic (exact) mass is 547 g/mol. The Hall–Kier alpha value is -1.18. The predicted octanol–water partition coefficient (Wildman–Crippen LogP) is 7.24. The summed E-state index contributed by atoms with van der Waals surface area (Å²) in [5.41, 5.74) is -0.423. The van der Waals surface area contributed by atoms with Gasteiger partial charge in [0.05, 0.1) is 12.3 Å². The molecule has 2 aliphatic carbocycles. The van der Waals surface area contributed by atoms with Crippen molar-refractivity contribution in [3.8, 4) is 0 Å². The van der Waals surface area contributed by atoms with Crippen LogP contribution in [0.3, 0.4) is 0 Å². The molecule has 1 aromatic rings. The molecule has 0 amide bonds. The summed E-state index contributed by atoms with van der Waals surface area (Å²) in [7, 11) is 0. The molecular weight excluding hydrogens is 507 g/mol. The van der Waals surface area contributed by atoms with Gasteiger partial charge in [0, 0.05) is 17.4 Å². The van der Waals surface area contributed by atoms with Crippen LogP contribution >= 0.6 is 11.8 Å². The first kappa shape index (κ1) is 33.0. The van der Waals surface area contributed by atoms with Crippen molar-refractivity contribution in [1.29, 1.82) is 0 Å². The summed E-state index contributed by atoms with van der Waals surface area (Å²) in [5.74, 6) is -0.355. The van der Waals surface area contributed by atoms with E-state index < -0.39 is 5.54 Å². The first-order valence-electron chi connectivity index (χ1n) is 10.7. The maximum atomic E-state index is 12.4. The second-order valence-electron chi connectivity index (χ2n) is 8.29. The number of hydrogen-bond acceptors (Lipinski definition) is 4. The van der Waals surface area contributed by atoms with Crippen molar-refractivity contribution < 1.29 is 33.8 Å². The number of hydrogen-bond donors (Lipinski definition) is 0. The van der Waals surface area contributed by atoms with Crippen LogP contribution in [0.25, 0.3) is 4.85 Å². The van der Waals surface area contributed by atoms with E-state index in [1.54, 1.807) is 30.8 Å². The zero-order valence-corrected chi connectivity index (χ0v) is 22.7. The molecule has 1 aromatic carbocycles. The van der Waals surface area contributed by atoms with Gasteiger partial charge in [0.25, 0.3) is 5.54 Å². The quantitative estimate of drug-likeness (QED) is 0.119. The van der Waals surface area contributed by atoms with Crippen LogP contribution in [0.4, 0.5) is 0 Å². The Labute approximate surface area is 213 Å².